The second kappa shape index (κ2) is 9.33. The van der Waals surface area contributed by atoms with Crippen molar-refractivity contribution in [1.29, 1.82) is 0 Å². The van der Waals surface area contributed by atoms with Gasteiger partial charge in [-0.1, -0.05) is 6.54 Å². The summed E-state index contributed by atoms with van der Waals surface area (Å²) >= 11 is 0. The van der Waals surface area contributed by atoms with Gasteiger partial charge in [-0.25, -0.2) is 18.7 Å². The fraction of sp³-hybridized carbons (Fsp3) is 0.435. The monoisotopic (exact) mass is 565 g/mol. The number of nitrogen functional groups attached to an aromatic ring is 1. The second-order valence-corrected chi connectivity index (χ2v) is 9.11. The van der Waals surface area contributed by atoms with Crippen LogP contribution in [-0.2, 0) is 27.6 Å². The van der Waals surface area contributed by atoms with Crippen molar-refractivity contribution in [2.75, 3.05) is 30.8 Å². The van der Waals surface area contributed by atoms with Gasteiger partial charge in [0.25, 0.3) is 0 Å². The Balaban J connectivity index is 0.00000253. The molecule has 9 nitrogen and oxygen atoms in total. The van der Waals surface area contributed by atoms with Gasteiger partial charge < -0.3 is 20.1 Å². The molecule has 2 atom stereocenters. The van der Waals surface area contributed by atoms with Gasteiger partial charge in [-0.05, 0) is 12.5 Å². The molecule has 12 heteroatoms. The number of piperidine rings is 1. The zero-order chi connectivity index (χ0) is 23.4. The smallest absolute Gasteiger partial charge is 0.223 e. The standard InChI is InChI=1S/C23H25F2N8O.Mo/c1-34-19-7-15(24)6-18-20(19)28-23(26)33-22(18)29-21(30-33)14-5-16(25)11-31(10-14)17-8-27-32(12-17)9-13-3-2-4-13;/h6-8,12,14,16H,2-5,9-11H2,1H3,(H2,26,28);/q-1;. The van der Waals surface area contributed by atoms with Crippen LogP contribution < -0.4 is 15.4 Å². The molecule has 0 radical (unpaired) electrons. The van der Waals surface area contributed by atoms with Crippen molar-refractivity contribution in [1.82, 2.24) is 29.4 Å². The number of aromatic nitrogens is 6. The van der Waals surface area contributed by atoms with Crippen LogP contribution in [0.2, 0.25) is 0 Å². The number of alkyl halides is 1. The van der Waals surface area contributed by atoms with Gasteiger partial charge in [0.2, 0.25) is 5.95 Å². The van der Waals surface area contributed by atoms with E-state index in [4.69, 9.17) is 10.5 Å². The van der Waals surface area contributed by atoms with Gasteiger partial charge >= 0.3 is 0 Å². The van der Waals surface area contributed by atoms with E-state index in [1.165, 1.54) is 36.1 Å². The molecule has 4 aromatic rings. The summed E-state index contributed by atoms with van der Waals surface area (Å²) in [5.74, 6) is 1.57. The van der Waals surface area contributed by atoms with Gasteiger partial charge in [-0.15, -0.1) is 11.5 Å². The van der Waals surface area contributed by atoms with Crippen molar-refractivity contribution in [3.8, 4) is 5.75 Å². The Morgan fingerprint density at radius 2 is 2.06 bits per heavy atom. The molecular formula is C23H25F2MoN8O-. The maximum atomic E-state index is 14.8. The molecule has 3 aromatic heterocycles. The number of anilines is 2. The molecule has 2 N–H and O–H groups in total. The molecule has 2 fully saturated rings. The summed E-state index contributed by atoms with van der Waals surface area (Å²) in [6.07, 6.45) is 6.59. The van der Waals surface area contributed by atoms with E-state index in [9.17, 15) is 8.78 Å². The molecule has 2 unspecified atom stereocenters. The zero-order valence-electron chi connectivity index (χ0n) is 19.2. The average molecular weight is 563 g/mol. The predicted molar refractivity (Wildman–Crippen MR) is 123 cm³/mol. The summed E-state index contributed by atoms with van der Waals surface area (Å²) in [5.41, 5.74) is 7.79. The van der Waals surface area contributed by atoms with Gasteiger partial charge in [0.05, 0.1) is 24.4 Å². The van der Waals surface area contributed by atoms with E-state index in [-0.39, 0.29) is 38.7 Å². The third kappa shape index (κ3) is 4.35. The van der Waals surface area contributed by atoms with E-state index >= 15 is 0 Å². The first-order valence-electron chi connectivity index (χ1n) is 11.4. The summed E-state index contributed by atoms with van der Waals surface area (Å²) in [6.45, 7) is 1.66. The Hall–Kier alpha value is -2.81. The zero-order valence-corrected chi connectivity index (χ0v) is 21.2. The molecule has 2 aliphatic rings. The maximum Gasteiger partial charge on any atom is 0.223 e. The quantitative estimate of drug-likeness (QED) is 0.294. The minimum atomic E-state index is -1.04. The van der Waals surface area contributed by atoms with E-state index in [1.807, 2.05) is 15.8 Å². The van der Waals surface area contributed by atoms with Crippen LogP contribution in [0.15, 0.2) is 24.5 Å². The summed E-state index contributed by atoms with van der Waals surface area (Å²) in [5, 5.41) is 9.43. The molecule has 1 aliphatic carbocycles. The van der Waals surface area contributed by atoms with E-state index in [0.717, 1.165) is 25.1 Å². The van der Waals surface area contributed by atoms with Gasteiger partial charge in [0.15, 0.2) is 11.5 Å². The Morgan fingerprint density at radius 3 is 2.80 bits per heavy atom. The molecule has 0 amide bonds. The van der Waals surface area contributed by atoms with Crippen LogP contribution in [0, 0.1) is 11.7 Å². The predicted octanol–water partition coefficient (Wildman–Crippen LogP) is 3.29. The van der Waals surface area contributed by atoms with Gasteiger partial charge in [-0.2, -0.15) is 22.5 Å². The van der Waals surface area contributed by atoms with Crippen molar-refractivity contribution in [2.45, 2.75) is 44.3 Å². The van der Waals surface area contributed by atoms with Crippen molar-refractivity contribution in [3.63, 3.8) is 0 Å². The summed E-state index contributed by atoms with van der Waals surface area (Å²) < 4.78 is 37.6. The summed E-state index contributed by atoms with van der Waals surface area (Å²) in [4.78, 5) is 11.0. The van der Waals surface area contributed by atoms with Crippen LogP contribution in [-0.4, -0.2) is 55.7 Å². The minimum absolute atomic E-state index is 0. The largest absolute Gasteiger partial charge is 0.494 e. The van der Waals surface area contributed by atoms with E-state index < -0.39 is 12.0 Å². The molecule has 1 aromatic carbocycles. The normalized spacial score (nSPS) is 20.7. The van der Waals surface area contributed by atoms with Crippen LogP contribution in [0.1, 0.15) is 37.4 Å². The van der Waals surface area contributed by atoms with Crippen molar-refractivity contribution >= 4 is 28.2 Å². The number of nitrogens with zero attached hydrogens (tertiary/aromatic N) is 7. The molecule has 1 saturated heterocycles. The molecule has 0 bridgehead atoms. The van der Waals surface area contributed by atoms with Gasteiger partial charge in [0, 0.05) is 52.3 Å². The first kappa shape index (κ1) is 23.9. The molecular weight excluding hydrogens is 538 g/mol. The van der Waals surface area contributed by atoms with Crippen LogP contribution in [0.25, 0.3) is 16.6 Å². The number of halogens is 2. The number of rotatable bonds is 5. The van der Waals surface area contributed by atoms with Crippen LogP contribution in [0.4, 0.5) is 20.4 Å². The fourth-order valence-corrected chi connectivity index (χ4v) is 4.86. The Bertz CT molecular complexity index is 1370. The van der Waals surface area contributed by atoms with Gasteiger partial charge in [0.1, 0.15) is 23.3 Å². The van der Waals surface area contributed by atoms with Crippen LogP contribution >= 0.6 is 0 Å². The number of fused-ring (bicyclic) bond motifs is 3. The maximum absolute atomic E-state index is 14.8. The van der Waals surface area contributed by atoms with Gasteiger partial charge in [-0.3, -0.25) is 5.92 Å². The molecule has 1 saturated carbocycles. The molecule has 0 spiro atoms. The van der Waals surface area contributed by atoms with E-state index in [0.29, 0.717) is 41.9 Å². The first-order chi connectivity index (χ1) is 16.5. The Morgan fingerprint density at radius 1 is 1.23 bits per heavy atom. The van der Waals surface area contributed by atoms with Crippen LogP contribution in [0.3, 0.4) is 0 Å². The minimum Gasteiger partial charge on any atom is -0.494 e. The number of hydrogen-bond donors (Lipinski definition) is 1. The fourth-order valence-electron chi connectivity index (χ4n) is 4.86. The molecule has 1 aliphatic heterocycles. The van der Waals surface area contributed by atoms with E-state index in [1.54, 1.807) is 6.20 Å². The van der Waals surface area contributed by atoms with E-state index in [2.05, 4.69) is 20.2 Å². The first-order valence-corrected chi connectivity index (χ1v) is 11.4. The third-order valence-electron chi connectivity index (χ3n) is 6.76. The SMILES string of the molecule is COc1cc(F)cc2c1nc(N)n1nc(C3CC(F)CN(c4cnn(C[C-]5CCC5)c4)C3)nc21.[Mo]. The number of nitrogens with two attached hydrogens (primary N) is 1. The summed E-state index contributed by atoms with van der Waals surface area (Å²) in [7, 11) is 1.44. The van der Waals surface area contributed by atoms with Crippen molar-refractivity contribution < 1.29 is 34.6 Å². The molecule has 6 rings (SSSR count). The average Bonchev–Trinajstić information content (AvgIpc) is 3.44. The number of methoxy groups -OCH3 is 1. The molecule has 35 heavy (non-hydrogen) atoms. The Labute approximate surface area is 214 Å². The Kier molecular flexibility index (Phi) is 6.37. The topological polar surface area (TPSA) is 99.4 Å². The van der Waals surface area contributed by atoms with Crippen molar-refractivity contribution in [2.24, 2.45) is 0 Å². The summed E-state index contributed by atoms with van der Waals surface area (Å²) in [6, 6.07) is 2.58. The third-order valence-corrected chi connectivity index (χ3v) is 6.76. The second-order valence-electron chi connectivity index (χ2n) is 9.11. The van der Waals surface area contributed by atoms with Crippen molar-refractivity contribution in [3.05, 3.63) is 42.1 Å². The molecule has 4 heterocycles. The molecule has 184 valence electrons. The number of hydrogen-bond acceptors (Lipinski definition) is 7. The van der Waals surface area contributed by atoms with Crippen LogP contribution in [0.5, 0.6) is 5.75 Å². The number of ether oxygens (including phenoxy) is 1. The number of benzene rings is 1.